The molecule has 0 aromatic rings. The molecule has 0 aliphatic carbocycles. The van der Waals surface area contributed by atoms with Crippen LogP contribution in [0.5, 0.6) is 0 Å². The van der Waals surface area contributed by atoms with Gasteiger partial charge in [0.2, 0.25) is 0 Å². The minimum absolute atomic E-state index is 0. The Balaban J connectivity index is 0. The molecule has 0 heterocycles. The smallest absolute Gasteiger partial charge is 0.548 e. The summed E-state index contributed by atoms with van der Waals surface area (Å²) in [6.07, 6.45) is 21.7. The monoisotopic (exact) mass is 403 g/mol. The van der Waals surface area contributed by atoms with E-state index in [1.807, 2.05) is 0 Å². The molecule has 0 aliphatic rings. The number of nitrogens with zero attached hydrogens (tertiary/aromatic N) is 1. The van der Waals surface area contributed by atoms with Gasteiger partial charge in [0.15, 0.2) is 0 Å². The molecule has 0 radical (unpaired) electrons. The Morgan fingerprint density at radius 3 is 1.34 bits per heavy atom. The Kier molecular flexibility index (Phi) is 26.2. The Labute approximate surface area is 195 Å². The summed E-state index contributed by atoms with van der Waals surface area (Å²) in [6.45, 7) is 8.55. The van der Waals surface area contributed by atoms with Crippen LogP contribution in [0.1, 0.15) is 136 Å². The molecule has 0 aromatic carbocycles. The molecule has 29 heavy (non-hydrogen) atoms. The van der Waals surface area contributed by atoms with Crippen molar-refractivity contribution in [3.63, 3.8) is 0 Å². The number of carbonyl (C=O) groups is 1. The number of unbranched alkanes of at least 4 members (excludes halogenated alkanes) is 14. The largest absolute Gasteiger partial charge is 1.00 e. The zero-order valence-electron chi connectivity index (χ0n) is 20.5. The molecule has 3 nitrogen and oxygen atoms in total. The van der Waals surface area contributed by atoms with Crippen LogP contribution in [-0.2, 0) is 4.79 Å². The Hall–Kier alpha value is 0.0274. The molecule has 0 amide bonds. The molecule has 0 aliphatic heterocycles. The maximum atomic E-state index is 11.9. The summed E-state index contributed by atoms with van der Waals surface area (Å²) in [4.78, 5) is 14.1. The number of aliphatic carboxylic acids is 1. The predicted molar refractivity (Wildman–Crippen MR) is 120 cm³/mol. The average molecular weight is 404 g/mol. The van der Waals surface area contributed by atoms with Crippen LogP contribution >= 0.6 is 0 Å². The van der Waals surface area contributed by atoms with Crippen molar-refractivity contribution < 1.29 is 28.8 Å². The van der Waals surface area contributed by atoms with Gasteiger partial charge in [-0.05, 0) is 32.4 Å². The van der Waals surface area contributed by atoms with Crippen molar-refractivity contribution in [2.24, 2.45) is 0 Å². The number of rotatable bonds is 22. The van der Waals surface area contributed by atoms with Crippen LogP contribution in [0.3, 0.4) is 0 Å². The molecule has 1 unspecified atom stereocenters. The SMILES string of the molecule is CCCCCCCCN(CCCCCCCC)C(CCCCCCC)C(=O)[O-].[Li+]. The van der Waals surface area contributed by atoms with Gasteiger partial charge in [-0.15, -0.1) is 0 Å². The van der Waals surface area contributed by atoms with E-state index in [0.29, 0.717) is 0 Å². The predicted octanol–water partition coefficient (Wildman–Crippen LogP) is 3.49. The van der Waals surface area contributed by atoms with Crippen LogP contribution in [0.15, 0.2) is 0 Å². The van der Waals surface area contributed by atoms with Crippen molar-refractivity contribution in [2.45, 2.75) is 142 Å². The summed E-state index contributed by atoms with van der Waals surface area (Å²) >= 11 is 0. The summed E-state index contributed by atoms with van der Waals surface area (Å²) in [5, 5.41) is 11.9. The quantitative estimate of drug-likeness (QED) is 0.205. The van der Waals surface area contributed by atoms with Crippen molar-refractivity contribution in [1.29, 1.82) is 0 Å². The minimum atomic E-state index is -0.854. The third kappa shape index (κ3) is 19.7. The van der Waals surface area contributed by atoms with Crippen molar-refractivity contribution >= 4 is 5.97 Å². The van der Waals surface area contributed by atoms with E-state index in [1.54, 1.807) is 0 Å². The first-order chi connectivity index (χ1) is 13.7. The van der Waals surface area contributed by atoms with Crippen LogP contribution in [0.4, 0.5) is 0 Å². The summed E-state index contributed by atoms with van der Waals surface area (Å²) in [5.41, 5.74) is 0. The zero-order valence-corrected chi connectivity index (χ0v) is 20.5. The summed E-state index contributed by atoms with van der Waals surface area (Å²) in [6, 6.07) is -0.382. The zero-order chi connectivity index (χ0) is 20.9. The van der Waals surface area contributed by atoms with E-state index in [0.717, 1.165) is 45.2 Å². The molecule has 1 atom stereocenters. The van der Waals surface area contributed by atoms with Crippen molar-refractivity contribution in [1.82, 2.24) is 4.90 Å². The molecule has 0 bridgehead atoms. The van der Waals surface area contributed by atoms with Crippen LogP contribution < -0.4 is 24.0 Å². The normalized spacial score (nSPS) is 12.1. The van der Waals surface area contributed by atoms with Crippen LogP contribution in [0.2, 0.25) is 0 Å². The molecule has 0 saturated heterocycles. The number of hydrogen-bond donors (Lipinski definition) is 0. The van der Waals surface area contributed by atoms with Gasteiger partial charge in [-0.2, -0.15) is 0 Å². The summed E-state index contributed by atoms with van der Waals surface area (Å²) in [7, 11) is 0. The van der Waals surface area contributed by atoms with Crippen LogP contribution in [-0.4, -0.2) is 30.0 Å². The fourth-order valence-corrected chi connectivity index (χ4v) is 4.00. The van der Waals surface area contributed by atoms with E-state index < -0.39 is 5.97 Å². The van der Waals surface area contributed by atoms with Crippen LogP contribution in [0, 0.1) is 0 Å². The van der Waals surface area contributed by atoms with E-state index in [9.17, 15) is 9.90 Å². The fraction of sp³-hybridized carbons (Fsp3) is 0.960. The molecule has 0 rings (SSSR count). The van der Waals surface area contributed by atoms with Gasteiger partial charge in [0, 0.05) is 6.04 Å². The number of carboxylic acids is 1. The third-order valence-electron chi connectivity index (χ3n) is 5.89. The molecular formula is C25H50LiNO2. The first-order valence-corrected chi connectivity index (χ1v) is 12.6. The summed E-state index contributed by atoms with van der Waals surface area (Å²) in [5.74, 6) is -0.854. The van der Waals surface area contributed by atoms with Crippen LogP contribution in [0.25, 0.3) is 0 Å². The van der Waals surface area contributed by atoms with Crippen molar-refractivity contribution in [3.05, 3.63) is 0 Å². The molecular weight excluding hydrogens is 353 g/mol. The van der Waals surface area contributed by atoms with E-state index in [2.05, 4.69) is 25.7 Å². The first-order valence-electron chi connectivity index (χ1n) is 12.6. The van der Waals surface area contributed by atoms with E-state index in [4.69, 9.17) is 0 Å². The fourth-order valence-electron chi connectivity index (χ4n) is 4.00. The molecule has 0 aromatic heterocycles. The van der Waals surface area contributed by atoms with Crippen molar-refractivity contribution in [3.8, 4) is 0 Å². The number of hydrogen-bond acceptors (Lipinski definition) is 3. The average Bonchev–Trinajstić information content (AvgIpc) is 2.68. The van der Waals surface area contributed by atoms with Crippen molar-refractivity contribution in [2.75, 3.05) is 13.1 Å². The molecule has 0 fully saturated rings. The Bertz CT molecular complexity index is 323. The van der Waals surface area contributed by atoms with Gasteiger partial charge in [0.25, 0.3) is 0 Å². The molecule has 0 saturated carbocycles. The minimum Gasteiger partial charge on any atom is -0.548 e. The van der Waals surface area contributed by atoms with Gasteiger partial charge < -0.3 is 9.90 Å². The topological polar surface area (TPSA) is 43.4 Å². The second-order valence-electron chi connectivity index (χ2n) is 8.61. The second kappa shape index (κ2) is 24.3. The molecule has 168 valence electrons. The molecule has 0 spiro atoms. The maximum Gasteiger partial charge on any atom is 1.00 e. The van der Waals surface area contributed by atoms with Gasteiger partial charge in [0.05, 0.1) is 5.97 Å². The van der Waals surface area contributed by atoms with Gasteiger partial charge in [-0.1, -0.05) is 117 Å². The Morgan fingerprint density at radius 1 is 0.621 bits per heavy atom. The first kappa shape index (κ1) is 31.2. The van der Waals surface area contributed by atoms with Gasteiger partial charge >= 0.3 is 18.9 Å². The standard InChI is InChI=1S/C25H51NO2.Li/c1-4-7-10-13-16-19-22-26(23-20-17-14-11-8-5-2)24(25(27)28)21-18-15-12-9-6-3;/h24H,4-23H2,1-3H3,(H,27,28);/q;+1/p-1. The van der Waals surface area contributed by atoms with Gasteiger partial charge in [-0.25, -0.2) is 0 Å². The van der Waals surface area contributed by atoms with Gasteiger partial charge in [-0.3, -0.25) is 4.90 Å². The number of carboxylic acid groups (broad SMARTS) is 1. The number of carbonyl (C=O) groups excluding carboxylic acids is 1. The molecule has 0 N–H and O–H groups in total. The van der Waals surface area contributed by atoms with Gasteiger partial charge in [0.1, 0.15) is 0 Å². The second-order valence-corrected chi connectivity index (χ2v) is 8.61. The Morgan fingerprint density at radius 2 is 0.966 bits per heavy atom. The van der Waals surface area contributed by atoms with E-state index in [-0.39, 0.29) is 24.9 Å². The summed E-state index contributed by atoms with van der Waals surface area (Å²) < 4.78 is 0. The van der Waals surface area contributed by atoms with E-state index in [1.165, 1.54) is 83.5 Å². The van der Waals surface area contributed by atoms with E-state index >= 15 is 0 Å². The third-order valence-corrected chi connectivity index (χ3v) is 5.89. The maximum absolute atomic E-state index is 11.9. The molecule has 4 heteroatoms.